The summed E-state index contributed by atoms with van der Waals surface area (Å²) in [5, 5.41) is 18.3. The SMILES string of the molecule is Cc1nnc(CN2CCCC(C)(O)CC2)n1C. The fourth-order valence-electron chi connectivity index (χ4n) is 2.27. The number of aromatic nitrogens is 3. The normalized spacial score (nSPS) is 27.1. The Morgan fingerprint density at radius 2 is 2.06 bits per heavy atom. The zero-order chi connectivity index (χ0) is 12.5. The van der Waals surface area contributed by atoms with Gasteiger partial charge in [0.25, 0.3) is 0 Å². The minimum absolute atomic E-state index is 0.495. The van der Waals surface area contributed by atoms with Gasteiger partial charge in [-0.2, -0.15) is 0 Å². The van der Waals surface area contributed by atoms with Crippen molar-refractivity contribution in [1.82, 2.24) is 19.7 Å². The minimum atomic E-state index is -0.495. The van der Waals surface area contributed by atoms with E-state index >= 15 is 0 Å². The van der Waals surface area contributed by atoms with Gasteiger partial charge in [-0.3, -0.25) is 4.90 Å². The third-order valence-corrected chi connectivity index (χ3v) is 3.70. The molecular formula is C12H22N4O. The van der Waals surface area contributed by atoms with E-state index < -0.39 is 5.60 Å². The van der Waals surface area contributed by atoms with Crippen LogP contribution in [0.2, 0.25) is 0 Å². The zero-order valence-corrected chi connectivity index (χ0v) is 11.0. The third-order valence-electron chi connectivity index (χ3n) is 3.70. The summed E-state index contributed by atoms with van der Waals surface area (Å²) in [5.41, 5.74) is -0.495. The second-order valence-corrected chi connectivity index (χ2v) is 5.35. The highest BCUT2D eigenvalue weighted by Gasteiger charge is 2.25. The van der Waals surface area contributed by atoms with Gasteiger partial charge in [0.1, 0.15) is 11.6 Å². The summed E-state index contributed by atoms with van der Waals surface area (Å²) < 4.78 is 2.03. The molecule has 1 saturated heterocycles. The second kappa shape index (κ2) is 4.74. The first kappa shape index (κ1) is 12.5. The van der Waals surface area contributed by atoms with Crippen molar-refractivity contribution in [3.63, 3.8) is 0 Å². The van der Waals surface area contributed by atoms with Gasteiger partial charge in [0, 0.05) is 13.6 Å². The van der Waals surface area contributed by atoms with E-state index in [0.717, 1.165) is 50.5 Å². The van der Waals surface area contributed by atoms with E-state index in [1.165, 1.54) is 0 Å². The molecule has 1 aliphatic heterocycles. The fraction of sp³-hybridized carbons (Fsp3) is 0.833. The molecule has 0 bridgehead atoms. The molecule has 1 atom stereocenters. The topological polar surface area (TPSA) is 54.2 Å². The average molecular weight is 238 g/mol. The van der Waals surface area contributed by atoms with Gasteiger partial charge < -0.3 is 9.67 Å². The van der Waals surface area contributed by atoms with Crippen LogP contribution in [0.15, 0.2) is 0 Å². The van der Waals surface area contributed by atoms with Crippen LogP contribution >= 0.6 is 0 Å². The summed E-state index contributed by atoms with van der Waals surface area (Å²) in [4.78, 5) is 2.35. The van der Waals surface area contributed by atoms with E-state index in [1.54, 1.807) is 0 Å². The Balaban J connectivity index is 1.98. The van der Waals surface area contributed by atoms with Gasteiger partial charge in [-0.05, 0) is 39.7 Å². The van der Waals surface area contributed by atoms with Crippen molar-refractivity contribution >= 4 is 0 Å². The summed E-state index contributed by atoms with van der Waals surface area (Å²) in [6.45, 7) is 6.68. The maximum absolute atomic E-state index is 10.0. The Kier molecular flexibility index (Phi) is 3.49. The smallest absolute Gasteiger partial charge is 0.146 e. The van der Waals surface area contributed by atoms with Crippen molar-refractivity contribution in [1.29, 1.82) is 0 Å². The number of aryl methyl sites for hydroxylation is 1. The Morgan fingerprint density at radius 3 is 2.71 bits per heavy atom. The van der Waals surface area contributed by atoms with Gasteiger partial charge >= 0.3 is 0 Å². The van der Waals surface area contributed by atoms with Crippen LogP contribution in [0.5, 0.6) is 0 Å². The minimum Gasteiger partial charge on any atom is -0.390 e. The summed E-state index contributed by atoms with van der Waals surface area (Å²) in [6.07, 6.45) is 2.77. The van der Waals surface area contributed by atoms with Gasteiger partial charge in [0.05, 0.1) is 12.1 Å². The van der Waals surface area contributed by atoms with E-state index in [4.69, 9.17) is 0 Å². The van der Waals surface area contributed by atoms with E-state index in [1.807, 2.05) is 25.5 Å². The number of aliphatic hydroxyl groups is 1. The van der Waals surface area contributed by atoms with Crippen molar-refractivity contribution in [3.8, 4) is 0 Å². The molecule has 0 radical (unpaired) electrons. The molecule has 0 saturated carbocycles. The first-order valence-electron chi connectivity index (χ1n) is 6.27. The summed E-state index contributed by atoms with van der Waals surface area (Å²) in [5.74, 6) is 1.95. The third kappa shape index (κ3) is 3.04. The van der Waals surface area contributed by atoms with Crippen molar-refractivity contribution in [2.75, 3.05) is 13.1 Å². The lowest BCUT2D eigenvalue weighted by molar-refractivity contribution is 0.0443. The molecule has 1 unspecified atom stereocenters. The quantitative estimate of drug-likeness (QED) is 0.830. The molecule has 2 heterocycles. The Hall–Kier alpha value is -0.940. The summed E-state index contributed by atoms with van der Waals surface area (Å²) >= 11 is 0. The van der Waals surface area contributed by atoms with Crippen LogP contribution in [0.3, 0.4) is 0 Å². The van der Waals surface area contributed by atoms with Crippen molar-refractivity contribution in [2.24, 2.45) is 7.05 Å². The lowest BCUT2D eigenvalue weighted by Crippen LogP contribution is -2.29. The van der Waals surface area contributed by atoms with Gasteiger partial charge in [-0.1, -0.05) is 0 Å². The van der Waals surface area contributed by atoms with Gasteiger partial charge in [0.2, 0.25) is 0 Å². The lowest BCUT2D eigenvalue weighted by atomic mass is 9.98. The summed E-state index contributed by atoms with van der Waals surface area (Å²) in [6, 6.07) is 0. The van der Waals surface area contributed by atoms with Crippen LogP contribution in [0.1, 0.15) is 37.8 Å². The van der Waals surface area contributed by atoms with Gasteiger partial charge in [-0.25, -0.2) is 0 Å². The molecule has 1 aliphatic rings. The molecule has 96 valence electrons. The first-order valence-corrected chi connectivity index (χ1v) is 6.27. The van der Waals surface area contributed by atoms with Crippen molar-refractivity contribution in [2.45, 2.75) is 45.3 Å². The lowest BCUT2D eigenvalue weighted by Gasteiger charge is -2.22. The van der Waals surface area contributed by atoms with Crippen LogP contribution in [0, 0.1) is 6.92 Å². The van der Waals surface area contributed by atoms with Crippen molar-refractivity contribution in [3.05, 3.63) is 11.6 Å². The number of nitrogens with zero attached hydrogens (tertiary/aromatic N) is 4. The highest BCUT2D eigenvalue weighted by Crippen LogP contribution is 2.22. The van der Waals surface area contributed by atoms with E-state index in [2.05, 4.69) is 15.1 Å². The van der Waals surface area contributed by atoms with Crippen molar-refractivity contribution < 1.29 is 5.11 Å². The Bertz CT molecular complexity index is 386. The van der Waals surface area contributed by atoms with Crippen LogP contribution in [0.25, 0.3) is 0 Å². The predicted octanol–water partition coefficient (Wildman–Crippen LogP) is 0.860. The highest BCUT2D eigenvalue weighted by molar-refractivity contribution is 4.93. The molecule has 1 N–H and O–H groups in total. The average Bonchev–Trinajstić information content (AvgIpc) is 2.48. The molecular weight excluding hydrogens is 216 g/mol. The number of likely N-dealkylation sites (tertiary alicyclic amines) is 1. The molecule has 5 nitrogen and oxygen atoms in total. The predicted molar refractivity (Wildman–Crippen MR) is 65.5 cm³/mol. The van der Waals surface area contributed by atoms with Crippen LogP contribution in [-0.2, 0) is 13.6 Å². The number of hydrogen-bond donors (Lipinski definition) is 1. The first-order chi connectivity index (χ1) is 7.98. The number of hydrogen-bond acceptors (Lipinski definition) is 4. The molecule has 0 aliphatic carbocycles. The summed E-state index contributed by atoms with van der Waals surface area (Å²) in [7, 11) is 2.00. The number of rotatable bonds is 2. The molecule has 1 aromatic heterocycles. The highest BCUT2D eigenvalue weighted by atomic mass is 16.3. The molecule has 0 aromatic carbocycles. The molecule has 17 heavy (non-hydrogen) atoms. The molecule has 2 rings (SSSR count). The Morgan fingerprint density at radius 1 is 1.29 bits per heavy atom. The maximum Gasteiger partial charge on any atom is 0.146 e. The van der Waals surface area contributed by atoms with E-state index in [-0.39, 0.29) is 0 Å². The van der Waals surface area contributed by atoms with Gasteiger partial charge in [-0.15, -0.1) is 10.2 Å². The molecule has 0 amide bonds. The van der Waals surface area contributed by atoms with Crippen LogP contribution in [-0.4, -0.2) is 43.5 Å². The zero-order valence-electron chi connectivity index (χ0n) is 11.0. The molecule has 0 spiro atoms. The second-order valence-electron chi connectivity index (χ2n) is 5.35. The maximum atomic E-state index is 10.0. The van der Waals surface area contributed by atoms with E-state index in [9.17, 15) is 5.11 Å². The van der Waals surface area contributed by atoms with Crippen LogP contribution in [0.4, 0.5) is 0 Å². The molecule has 1 aromatic rings. The largest absolute Gasteiger partial charge is 0.390 e. The van der Waals surface area contributed by atoms with Gasteiger partial charge in [0.15, 0.2) is 0 Å². The Labute approximate surface area is 102 Å². The monoisotopic (exact) mass is 238 g/mol. The standard InChI is InChI=1S/C12H22N4O/c1-10-13-14-11(15(10)3)9-16-7-4-5-12(2,17)6-8-16/h17H,4-9H2,1-3H3. The fourth-order valence-corrected chi connectivity index (χ4v) is 2.27. The molecule has 1 fully saturated rings. The van der Waals surface area contributed by atoms with E-state index in [0.29, 0.717) is 0 Å². The molecule has 5 heteroatoms. The van der Waals surface area contributed by atoms with Crippen LogP contribution < -0.4 is 0 Å².